The van der Waals surface area contributed by atoms with Crippen LogP contribution in [0.25, 0.3) is 0 Å². The van der Waals surface area contributed by atoms with E-state index in [2.05, 4.69) is 43.2 Å². The molecule has 0 amide bonds. The fourth-order valence-electron chi connectivity index (χ4n) is 2.20. The molecule has 1 heterocycles. The summed E-state index contributed by atoms with van der Waals surface area (Å²) in [6, 6.07) is 0.646. The smallest absolute Gasteiger partial charge is 0.0367 e. The van der Waals surface area contributed by atoms with Crippen molar-refractivity contribution in [2.24, 2.45) is 5.41 Å². The third-order valence-corrected chi connectivity index (χ3v) is 3.04. The maximum absolute atomic E-state index is 2.43. The second-order valence-electron chi connectivity index (χ2n) is 3.93. The van der Waals surface area contributed by atoms with Crippen LogP contribution in [0.4, 0.5) is 0 Å². The number of allylic oxidation sites excluding steroid dienone is 2. The van der Waals surface area contributed by atoms with Crippen molar-refractivity contribution in [1.82, 2.24) is 4.90 Å². The van der Waals surface area contributed by atoms with Crippen molar-refractivity contribution in [3.8, 4) is 0 Å². The van der Waals surface area contributed by atoms with Gasteiger partial charge in [0.25, 0.3) is 0 Å². The number of fused-ring (bicyclic) bond motifs is 1. The van der Waals surface area contributed by atoms with Crippen molar-refractivity contribution in [3.63, 3.8) is 0 Å². The Kier molecular flexibility index (Phi) is 1.43. The van der Waals surface area contributed by atoms with E-state index in [1.807, 2.05) is 0 Å². The summed E-state index contributed by atoms with van der Waals surface area (Å²) in [5, 5.41) is 0. The highest BCUT2D eigenvalue weighted by atomic mass is 15.2. The van der Waals surface area contributed by atoms with Crippen LogP contribution >= 0.6 is 0 Å². The van der Waals surface area contributed by atoms with E-state index < -0.39 is 0 Å². The number of rotatable bonds is 0. The average Bonchev–Trinajstić information content (AvgIpc) is 2.29. The Morgan fingerprint density at radius 3 is 3.00 bits per heavy atom. The van der Waals surface area contributed by atoms with Gasteiger partial charge in [0.15, 0.2) is 0 Å². The first kappa shape index (κ1) is 7.11. The number of hydrogen-bond donors (Lipinski definition) is 0. The topological polar surface area (TPSA) is 3.24 Å². The molecule has 2 unspecified atom stereocenters. The minimum atomic E-state index is 0.420. The van der Waals surface area contributed by atoms with Crippen LogP contribution in [-0.4, -0.2) is 24.5 Å². The largest absolute Gasteiger partial charge is 0.299 e. The van der Waals surface area contributed by atoms with Gasteiger partial charge in [-0.2, -0.15) is 0 Å². The van der Waals surface area contributed by atoms with E-state index in [1.54, 1.807) is 0 Å². The number of likely N-dealkylation sites (tertiary alicyclic amines) is 1. The number of nitrogens with zero attached hydrogens (tertiary/aromatic N) is 1. The molecule has 2 atom stereocenters. The van der Waals surface area contributed by atoms with Crippen LogP contribution in [-0.2, 0) is 0 Å². The molecule has 1 nitrogen and oxygen atoms in total. The van der Waals surface area contributed by atoms with Crippen molar-refractivity contribution in [3.05, 3.63) is 24.3 Å². The summed E-state index contributed by atoms with van der Waals surface area (Å²) in [5.74, 6) is 0. The van der Waals surface area contributed by atoms with Gasteiger partial charge in [0.05, 0.1) is 0 Å². The van der Waals surface area contributed by atoms with Crippen LogP contribution < -0.4 is 0 Å². The molecule has 0 aromatic rings. The number of hydrogen-bond acceptors (Lipinski definition) is 1. The van der Waals surface area contributed by atoms with E-state index in [1.165, 1.54) is 13.0 Å². The first-order valence-corrected chi connectivity index (χ1v) is 4.29. The van der Waals surface area contributed by atoms with Crippen LogP contribution in [0.1, 0.15) is 13.3 Å². The Labute approximate surface area is 68.4 Å². The fraction of sp³-hybridized carbons (Fsp3) is 0.600. The molecule has 1 heteroatoms. The second-order valence-corrected chi connectivity index (χ2v) is 3.93. The van der Waals surface area contributed by atoms with Gasteiger partial charge in [-0.3, -0.25) is 4.90 Å². The molecule has 2 rings (SSSR count). The van der Waals surface area contributed by atoms with Crippen molar-refractivity contribution in [2.75, 3.05) is 13.6 Å². The van der Waals surface area contributed by atoms with Crippen molar-refractivity contribution in [2.45, 2.75) is 19.4 Å². The lowest BCUT2D eigenvalue weighted by atomic mass is 9.80. The van der Waals surface area contributed by atoms with E-state index in [9.17, 15) is 0 Å². The number of likely N-dealkylation sites (N-methyl/N-ethyl adjacent to an activating group) is 1. The quantitative estimate of drug-likeness (QED) is 0.508. The average molecular weight is 149 g/mol. The Bertz CT molecular complexity index is 217. The molecule has 0 N–H and O–H groups in total. The molecule has 1 aliphatic heterocycles. The molecule has 2 aliphatic rings. The van der Waals surface area contributed by atoms with Gasteiger partial charge >= 0.3 is 0 Å². The van der Waals surface area contributed by atoms with E-state index >= 15 is 0 Å². The van der Waals surface area contributed by atoms with Gasteiger partial charge in [0.2, 0.25) is 0 Å². The molecule has 11 heavy (non-hydrogen) atoms. The molecule has 60 valence electrons. The summed E-state index contributed by atoms with van der Waals surface area (Å²) in [6.45, 7) is 3.58. The minimum absolute atomic E-state index is 0.420. The van der Waals surface area contributed by atoms with Gasteiger partial charge in [-0.25, -0.2) is 0 Å². The molecule has 0 aromatic heterocycles. The molecule has 1 fully saturated rings. The first-order valence-electron chi connectivity index (χ1n) is 4.29. The lowest BCUT2D eigenvalue weighted by Gasteiger charge is -2.30. The maximum atomic E-state index is 2.43. The van der Waals surface area contributed by atoms with Gasteiger partial charge in [-0.1, -0.05) is 31.2 Å². The third-order valence-electron chi connectivity index (χ3n) is 3.04. The van der Waals surface area contributed by atoms with Gasteiger partial charge in [0.1, 0.15) is 0 Å². The summed E-state index contributed by atoms with van der Waals surface area (Å²) < 4.78 is 0. The highest BCUT2D eigenvalue weighted by Gasteiger charge is 2.39. The normalized spacial score (nSPS) is 42.9. The SMILES string of the molecule is CN1CCC2(C)C=CC=CC12. The van der Waals surface area contributed by atoms with Crippen LogP contribution in [0.3, 0.4) is 0 Å². The third kappa shape index (κ3) is 0.951. The molecule has 1 saturated heterocycles. The predicted molar refractivity (Wildman–Crippen MR) is 47.4 cm³/mol. The summed E-state index contributed by atoms with van der Waals surface area (Å²) >= 11 is 0. The molecule has 1 aliphatic carbocycles. The van der Waals surface area contributed by atoms with Crippen LogP contribution in [0.5, 0.6) is 0 Å². The monoisotopic (exact) mass is 149 g/mol. The Hall–Kier alpha value is -0.560. The zero-order valence-electron chi connectivity index (χ0n) is 7.25. The summed E-state index contributed by atoms with van der Waals surface area (Å²) in [7, 11) is 2.21. The van der Waals surface area contributed by atoms with E-state index in [0.29, 0.717) is 11.5 Å². The summed E-state index contributed by atoms with van der Waals surface area (Å²) in [6.07, 6.45) is 10.3. The zero-order valence-corrected chi connectivity index (χ0v) is 7.25. The molecule has 0 spiro atoms. The maximum Gasteiger partial charge on any atom is 0.0367 e. The highest BCUT2D eigenvalue weighted by Crippen LogP contribution is 2.39. The lowest BCUT2D eigenvalue weighted by molar-refractivity contribution is 0.285. The highest BCUT2D eigenvalue weighted by molar-refractivity contribution is 5.24. The van der Waals surface area contributed by atoms with Gasteiger partial charge in [-0.05, 0) is 20.0 Å². The molecule has 0 saturated carbocycles. The van der Waals surface area contributed by atoms with E-state index in [-0.39, 0.29) is 0 Å². The molecular formula is C10H15N. The molecule has 0 radical (unpaired) electrons. The predicted octanol–water partition coefficient (Wildman–Crippen LogP) is 1.82. The van der Waals surface area contributed by atoms with E-state index in [4.69, 9.17) is 0 Å². The molecule has 0 aromatic carbocycles. The fourth-order valence-corrected chi connectivity index (χ4v) is 2.20. The van der Waals surface area contributed by atoms with Gasteiger partial charge < -0.3 is 0 Å². The van der Waals surface area contributed by atoms with Crippen molar-refractivity contribution >= 4 is 0 Å². The van der Waals surface area contributed by atoms with Crippen molar-refractivity contribution < 1.29 is 0 Å². The van der Waals surface area contributed by atoms with E-state index in [0.717, 1.165) is 0 Å². The van der Waals surface area contributed by atoms with Crippen molar-refractivity contribution in [1.29, 1.82) is 0 Å². The van der Waals surface area contributed by atoms with Crippen LogP contribution in [0.15, 0.2) is 24.3 Å². The standard InChI is InChI=1S/C10H15N/c1-10-6-4-3-5-9(10)11(2)8-7-10/h3-6,9H,7-8H2,1-2H3. The Morgan fingerprint density at radius 2 is 2.27 bits per heavy atom. The summed E-state index contributed by atoms with van der Waals surface area (Å²) in [5.41, 5.74) is 0.420. The zero-order chi connectivity index (χ0) is 7.90. The van der Waals surface area contributed by atoms with Gasteiger partial charge in [-0.15, -0.1) is 0 Å². The first-order chi connectivity index (χ1) is 5.22. The molecule has 0 bridgehead atoms. The molecular weight excluding hydrogens is 134 g/mol. The minimum Gasteiger partial charge on any atom is -0.299 e. The van der Waals surface area contributed by atoms with Crippen LogP contribution in [0.2, 0.25) is 0 Å². The van der Waals surface area contributed by atoms with Crippen LogP contribution in [0, 0.1) is 5.41 Å². The van der Waals surface area contributed by atoms with Gasteiger partial charge in [0, 0.05) is 11.5 Å². The Morgan fingerprint density at radius 1 is 1.45 bits per heavy atom. The summed E-state index contributed by atoms with van der Waals surface area (Å²) in [4.78, 5) is 2.43. The second kappa shape index (κ2) is 2.21. The lowest BCUT2D eigenvalue weighted by Crippen LogP contribution is -2.33. The Balaban J connectivity index is 2.31.